The molecule has 0 fully saturated rings. The van der Waals surface area contributed by atoms with Gasteiger partial charge in [-0.15, -0.1) is 0 Å². The summed E-state index contributed by atoms with van der Waals surface area (Å²) in [6, 6.07) is 1.45. The number of rotatable bonds is 4. The van der Waals surface area contributed by atoms with Crippen molar-refractivity contribution in [3.63, 3.8) is 0 Å². The molecule has 15 heavy (non-hydrogen) atoms. The normalized spacial score (nSPS) is 9.73. The van der Waals surface area contributed by atoms with Crippen LogP contribution < -0.4 is 16.4 Å². The van der Waals surface area contributed by atoms with E-state index < -0.39 is 6.03 Å². The maximum Gasteiger partial charge on any atom is 0.312 e. The fraction of sp³-hybridized carbons (Fsp3) is 0.333. The van der Waals surface area contributed by atoms with Gasteiger partial charge in [-0.05, 0) is 34.5 Å². The number of hydrogen-bond donors (Lipinski definition) is 3. The van der Waals surface area contributed by atoms with Crippen molar-refractivity contribution in [3.8, 4) is 0 Å². The number of amides is 2. The lowest BCUT2D eigenvalue weighted by Gasteiger charge is -2.07. The molecule has 0 spiro atoms. The predicted molar refractivity (Wildman–Crippen MR) is 62.7 cm³/mol. The van der Waals surface area contributed by atoms with E-state index in [-0.39, 0.29) is 0 Å². The van der Waals surface area contributed by atoms with Crippen LogP contribution in [0.4, 0.5) is 10.6 Å². The van der Waals surface area contributed by atoms with Gasteiger partial charge in [0.25, 0.3) is 0 Å². The van der Waals surface area contributed by atoms with Gasteiger partial charge in [0.05, 0.1) is 4.47 Å². The average Bonchev–Trinajstić information content (AvgIpc) is 2.14. The Kier molecular flexibility index (Phi) is 4.36. The highest BCUT2D eigenvalue weighted by Crippen LogP contribution is 2.19. The second kappa shape index (κ2) is 5.55. The molecule has 0 bridgehead atoms. The van der Waals surface area contributed by atoms with Crippen molar-refractivity contribution >= 4 is 27.8 Å². The van der Waals surface area contributed by atoms with E-state index in [1.807, 2.05) is 13.0 Å². The zero-order chi connectivity index (χ0) is 11.3. The number of aryl methyl sites for hydroxylation is 1. The topological polar surface area (TPSA) is 80.0 Å². The van der Waals surface area contributed by atoms with E-state index in [9.17, 15) is 4.79 Å². The van der Waals surface area contributed by atoms with Crippen LogP contribution in [0.2, 0.25) is 0 Å². The van der Waals surface area contributed by atoms with E-state index in [0.717, 1.165) is 15.9 Å². The molecule has 0 saturated heterocycles. The molecule has 0 unspecified atom stereocenters. The largest absolute Gasteiger partial charge is 0.367 e. The van der Waals surface area contributed by atoms with Crippen molar-refractivity contribution in [2.75, 3.05) is 18.4 Å². The number of aromatic nitrogens is 1. The van der Waals surface area contributed by atoms with Gasteiger partial charge in [0.15, 0.2) is 0 Å². The summed E-state index contributed by atoms with van der Waals surface area (Å²) in [5.74, 6) is 0.756. The Bertz CT molecular complexity index is 356. The van der Waals surface area contributed by atoms with Crippen LogP contribution in [0.3, 0.4) is 0 Å². The molecule has 0 aliphatic heterocycles. The molecule has 1 rings (SSSR count). The number of anilines is 1. The number of urea groups is 1. The molecule has 5 nitrogen and oxygen atoms in total. The number of carbonyl (C=O) groups is 1. The van der Waals surface area contributed by atoms with Crippen LogP contribution in [0, 0.1) is 6.92 Å². The highest BCUT2D eigenvalue weighted by molar-refractivity contribution is 9.10. The standard InChI is InChI=1S/C9H13BrN4O/c1-6-4-7(10)8(14-5-6)12-2-3-13-9(11)15/h4-5H,2-3H2,1H3,(H,12,14)(H3,11,13,15). The molecule has 4 N–H and O–H groups in total. The third-order valence-electron chi connectivity index (χ3n) is 1.69. The minimum Gasteiger partial charge on any atom is -0.367 e. The number of primary amides is 1. The number of nitrogens with zero attached hydrogens (tertiary/aromatic N) is 1. The Hall–Kier alpha value is -1.30. The van der Waals surface area contributed by atoms with Crippen molar-refractivity contribution in [3.05, 3.63) is 22.3 Å². The summed E-state index contributed by atoms with van der Waals surface area (Å²) >= 11 is 3.39. The molecule has 6 heteroatoms. The molecule has 0 radical (unpaired) electrons. The van der Waals surface area contributed by atoms with E-state index in [1.165, 1.54) is 0 Å². The van der Waals surface area contributed by atoms with E-state index in [0.29, 0.717) is 13.1 Å². The first kappa shape index (κ1) is 11.8. The summed E-state index contributed by atoms with van der Waals surface area (Å²) in [6.07, 6.45) is 1.77. The summed E-state index contributed by atoms with van der Waals surface area (Å²) < 4.78 is 0.904. The number of hydrogen-bond acceptors (Lipinski definition) is 3. The molecule has 0 aliphatic rings. The first-order valence-electron chi connectivity index (χ1n) is 4.49. The van der Waals surface area contributed by atoms with Crippen molar-refractivity contribution in [2.45, 2.75) is 6.92 Å². The molecule has 82 valence electrons. The van der Waals surface area contributed by atoms with Crippen molar-refractivity contribution in [1.29, 1.82) is 0 Å². The van der Waals surface area contributed by atoms with Crippen LogP contribution >= 0.6 is 15.9 Å². The Balaban J connectivity index is 2.40. The smallest absolute Gasteiger partial charge is 0.312 e. The zero-order valence-corrected chi connectivity index (χ0v) is 9.97. The second-order valence-corrected chi connectivity index (χ2v) is 3.92. The summed E-state index contributed by atoms with van der Waals surface area (Å²) in [6.45, 7) is 3.02. The predicted octanol–water partition coefficient (Wildman–Crippen LogP) is 1.23. The third-order valence-corrected chi connectivity index (χ3v) is 2.30. The van der Waals surface area contributed by atoms with E-state index in [4.69, 9.17) is 5.73 Å². The summed E-state index contributed by atoms with van der Waals surface area (Å²) in [5.41, 5.74) is 6.00. The van der Waals surface area contributed by atoms with Gasteiger partial charge in [0.2, 0.25) is 0 Å². The van der Waals surface area contributed by atoms with Gasteiger partial charge in [-0.1, -0.05) is 0 Å². The van der Waals surface area contributed by atoms with E-state index in [2.05, 4.69) is 31.5 Å². The minimum absolute atomic E-state index is 0.470. The van der Waals surface area contributed by atoms with E-state index in [1.54, 1.807) is 6.20 Å². The van der Waals surface area contributed by atoms with Crippen LogP contribution in [-0.4, -0.2) is 24.1 Å². The van der Waals surface area contributed by atoms with Gasteiger partial charge in [-0.2, -0.15) is 0 Å². The van der Waals surface area contributed by atoms with Crippen molar-refractivity contribution in [2.24, 2.45) is 5.73 Å². The molecule has 1 heterocycles. The third kappa shape index (κ3) is 4.16. The zero-order valence-electron chi connectivity index (χ0n) is 8.38. The number of pyridine rings is 1. The average molecular weight is 273 g/mol. The Morgan fingerprint density at radius 3 is 2.93 bits per heavy atom. The fourth-order valence-electron chi connectivity index (χ4n) is 1.03. The molecule has 2 amide bonds. The van der Waals surface area contributed by atoms with Crippen LogP contribution in [-0.2, 0) is 0 Å². The van der Waals surface area contributed by atoms with E-state index >= 15 is 0 Å². The highest BCUT2D eigenvalue weighted by atomic mass is 79.9. The number of carbonyl (C=O) groups excluding carboxylic acids is 1. The Morgan fingerprint density at radius 2 is 2.33 bits per heavy atom. The van der Waals surface area contributed by atoms with Gasteiger partial charge >= 0.3 is 6.03 Å². The molecule has 0 aliphatic carbocycles. The monoisotopic (exact) mass is 272 g/mol. The molecular weight excluding hydrogens is 260 g/mol. The number of nitrogens with two attached hydrogens (primary N) is 1. The lowest BCUT2D eigenvalue weighted by atomic mass is 10.3. The summed E-state index contributed by atoms with van der Waals surface area (Å²) in [4.78, 5) is 14.6. The number of halogens is 1. The maximum absolute atomic E-state index is 10.4. The van der Waals surface area contributed by atoms with Crippen molar-refractivity contribution in [1.82, 2.24) is 10.3 Å². The first-order chi connectivity index (χ1) is 7.09. The molecule has 0 atom stereocenters. The van der Waals surface area contributed by atoms with Gasteiger partial charge in [0.1, 0.15) is 5.82 Å². The minimum atomic E-state index is -0.521. The SMILES string of the molecule is Cc1cnc(NCCNC(N)=O)c(Br)c1. The molecule has 0 saturated carbocycles. The van der Waals surface area contributed by atoms with Gasteiger partial charge in [-0.25, -0.2) is 9.78 Å². The van der Waals surface area contributed by atoms with Crippen LogP contribution in [0.15, 0.2) is 16.7 Å². The van der Waals surface area contributed by atoms with Crippen LogP contribution in [0.25, 0.3) is 0 Å². The lowest BCUT2D eigenvalue weighted by molar-refractivity contribution is 0.249. The van der Waals surface area contributed by atoms with Crippen molar-refractivity contribution < 1.29 is 4.79 Å². The molecule has 0 aromatic carbocycles. The highest BCUT2D eigenvalue weighted by Gasteiger charge is 2.00. The van der Waals surface area contributed by atoms with Gasteiger partial charge in [-0.3, -0.25) is 0 Å². The first-order valence-corrected chi connectivity index (χ1v) is 5.28. The summed E-state index contributed by atoms with van der Waals surface area (Å²) in [5, 5.41) is 5.55. The quantitative estimate of drug-likeness (QED) is 0.722. The van der Waals surface area contributed by atoms with Crippen LogP contribution in [0.5, 0.6) is 0 Å². The van der Waals surface area contributed by atoms with Gasteiger partial charge < -0.3 is 16.4 Å². The fourth-order valence-corrected chi connectivity index (χ4v) is 1.63. The molecule has 1 aromatic rings. The maximum atomic E-state index is 10.4. The molecular formula is C9H13BrN4O. The van der Waals surface area contributed by atoms with Gasteiger partial charge in [0, 0.05) is 19.3 Å². The Morgan fingerprint density at radius 1 is 1.60 bits per heavy atom. The summed E-state index contributed by atoms with van der Waals surface area (Å²) in [7, 11) is 0. The van der Waals surface area contributed by atoms with Crippen LogP contribution in [0.1, 0.15) is 5.56 Å². The Labute approximate surface area is 96.6 Å². The molecule has 1 aromatic heterocycles. The number of nitrogens with one attached hydrogen (secondary N) is 2. The lowest BCUT2D eigenvalue weighted by Crippen LogP contribution is -2.33. The second-order valence-electron chi connectivity index (χ2n) is 3.06.